The Morgan fingerprint density at radius 1 is 1.15 bits per heavy atom. The second-order valence-electron chi connectivity index (χ2n) is 9.92. The van der Waals surface area contributed by atoms with Crippen molar-refractivity contribution in [3.8, 4) is 0 Å². The normalized spacial score (nSPS) is 23.7. The van der Waals surface area contributed by atoms with Crippen molar-refractivity contribution in [2.24, 2.45) is 0 Å². The van der Waals surface area contributed by atoms with Gasteiger partial charge in [0.05, 0.1) is 6.54 Å². The minimum Gasteiger partial charge on any atom is -0.351 e. The molecule has 0 bridgehead atoms. The summed E-state index contributed by atoms with van der Waals surface area (Å²) in [6.07, 6.45) is 8.39. The Morgan fingerprint density at radius 3 is 2.58 bits per heavy atom. The Morgan fingerprint density at radius 2 is 1.88 bits per heavy atom. The van der Waals surface area contributed by atoms with Gasteiger partial charge in [0.15, 0.2) is 5.69 Å². The summed E-state index contributed by atoms with van der Waals surface area (Å²) in [5.41, 5.74) is -0.422. The number of likely N-dealkylation sites (tertiary alicyclic amines) is 1. The third kappa shape index (κ3) is 5.08. The fraction of sp³-hybridized carbons (Fsp3) is 0.750. The number of unbranched alkanes of at least 4 members (excludes halogenated alkanes) is 1. The average Bonchev–Trinajstić information content (AvgIpc) is 3.55. The van der Waals surface area contributed by atoms with Crippen molar-refractivity contribution in [3.63, 3.8) is 0 Å². The zero-order chi connectivity index (χ0) is 23.4. The summed E-state index contributed by atoms with van der Waals surface area (Å²) in [6, 6.07) is 1.74. The van der Waals surface area contributed by atoms with Gasteiger partial charge in [0.1, 0.15) is 11.2 Å². The van der Waals surface area contributed by atoms with Gasteiger partial charge < -0.3 is 20.4 Å². The number of fused-ring (bicyclic) bond motifs is 1. The summed E-state index contributed by atoms with van der Waals surface area (Å²) < 4.78 is 1.55. The summed E-state index contributed by atoms with van der Waals surface area (Å²) in [4.78, 5) is 43.6. The Kier molecular flexibility index (Phi) is 7.36. The number of rotatable bonds is 9. The number of carbonyl (C=O) groups is 3. The van der Waals surface area contributed by atoms with E-state index >= 15 is 0 Å². The Bertz CT molecular complexity index is 872. The number of hydrogen-bond acceptors (Lipinski definition) is 5. The topological polar surface area (TPSA) is 99.6 Å². The third-order valence-electron chi connectivity index (χ3n) is 7.36. The molecular formula is C24H38N6O3. The van der Waals surface area contributed by atoms with Gasteiger partial charge in [-0.3, -0.25) is 19.1 Å². The van der Waals surface area contributed by atoms with Crippen molar-refractivity contribution in [2.45, 2.75) is 83.3 Å². The molecule has 9 heteroatoms. The molecule has 182 valence electrons. The molecule has 1 saturated heterocycles. The molecule has 1 aliphatic carbocycles. The zero-order valence-corrected chi connectivity index (χ0v) is 20.1. The van der Waals surface area contributed by atoms with Gasteiger partial charge in [-0.2, -0.15) is 5.10 Å². The van der Waals surface area contributed by atoms with E-state index in [1.54, 1.807) is 15.6 Å². The minimum absolute atomic E-state index is 0.128. The molecule has 2 N–H and O–H groups in total. The van der Waals surface area contributed by atoms with E-state index in [-0.39, 0.29) is 36.0 Å². The monoisotopic (exact) mass is 458 g/mol. The molecule has 1 aromatic rings. The molecule has 1 saturated carbocycles. The fourth-order valence-corrected chi connectivity index (χ4v) is 5.25. The molecule has 4 rings (SSSR count). The highest BCUT2D eigenvalue weighted by Gasteiger charge is 2.48. The van der Waals surface area contributed by atoms with Gasteiger partial charge in [-0.1, -0.05) is 26.2 Å². The van der Waals surface area contributed by atoms with Crippen LogP contribution in [0.1, 0.15) is 86.2 Å². The maximum Gasteiger partial charge on any atom is 0.273 e. The zero-order valence-electron chi connectivity index (χ0n) is 20.1. The van der Waals surface area contributed by atoms with E-state index < -0.39 is 5.54 Å². The molecule has 3 amide bonds. The van der Waals surface area contributed by atoms with Gasteiger partial charge in [0.25, 0.3) is 11.8 Å². The summed E-state index contributed by atoms with van der Waals surface area (Å²) in [5, 5.41) is 10.5. The fourth-order valence-electron chi connectivity index (χ4n) is 5.25. The molecule has 1 atom stereocenters. The second kappa shape index (κ2) is 10.2. The van der Waals surface area contributed by atoms with Crippen LogP contribution < -0.4 is 10.6 Å². The number of nitrogens with zero attached hydrogens (tertiary/aromatic N) is 4. The molecule has 0 spiro atoms. The van der Waals surface area contributed by atoms with Crippen molar-refractivity contribution < 1.29 is 14.4 Å². The molecule has 9 nitrogen and oxygen atoms in total. The van der Waals surface area contributed by atoms with Crippen LogP contribution in [0.25, 0.3) is 0 Å². The first-order valence-corrected chi connectivity index (χ1v) is 12.6. The first-order chi connectivity index (χ1) is 15.9. The number of amides is 3. The predicted molar refractivity (Wildman–Crippen MR) is 125 cm³/mol. The summed E-state index contributed by atoms with van der Waals surface area (Å²) in [7, 11) is 0. The van der Waals surface area contributed by atoms with Gasteiger partial charge in [-0.25, -0.2) is 0 Å². The van der Waals surface area contributed by atoms with Crippen LogP contribution in [0.3, 0.4) is 0 Å². The van der Waals surface area contributed by atoms with Crippen LogP contribution in [0.15, 0.2) is 6.07 Å². The van der Waals surface area contributed by atoms with Crippen molar-refractivity contribution in [1.82, 2.24) is 30.2 Å². The van der Waals surface area contributed by atoms with Gasteiger partial charge in [-0.15, -0.1) is 0 Å². The van der Waals surface area contributed by atoms with E-state index in [0.717, 1.165) is 58.2 Å². The summed E-state index contributed by atoms with van der Waals surface area (Å²) in [6.45, 7) is 8.19. The number of aromatic nitrogens is 2. The van der Waals surface area contributed by atoms with Crippen molar-refractivity contribution >= 4 is 17.7 Å². The highest BCUT2D eigenvalue weighted by molar-refractivity contribution is 6.01. The molecular weight excluding hydrogens is 420 g/mol. The lowest BCUT2D eigenvalue weighted by atomic mass is 9.94. The van der Waals surface area contributed by atoms with Gasteiger partial charge in [0.2, 0.25) is 5.91 Å². The van der Waals surface area contributed by atoms with Gasteiger partial charge in [-0.05, 0) is 52.1 Å². The maximum absolute atomic E-state index is 13.5. The van der Waals surface area contributed by atoms with E-state index in [1.165, 1.54) is 12.8 Å². The number of hydrogen-bond donors (Lipinski definition) is 2. The molecule has 1 aromatic heterocycles. The molecule has 3 aliphatic rings. The summed E-state index contributed by atoms with van der Waals surface area (Å²) in [5.74, 6) is -0.639. The lowest BCUT2D eigenvalue weighted by Crippen LogP contribution is -2.65. The molecule has 2 aliphatic heterocycles. The maximum atomic E-state index is 13.5. The highest BCUT2D eigenvalue weighted by atomic mass is 16.2. The first-order valence-electron chi connectivity index (χ1n) is 12.6. The van der Waals surface area contributed by atoms with Crippen LogP contribution in [0, 0.1) is 0 Å². The molecule has 0 aromatic carbocycles. The van der Waals surface area contributed by atoms with Crippen molar-refractivity contribution in [2.75, 3.05) is 32.7 Å². The van der Waals surface area contributed by atoms with Crippen molar-refractivity contribution in [3.05, 3.63) is 17.5 Å². The highest BCUT2D eigenvalue weighted by Crippen LogP contribution is 2.29. The smallest absolute Gasteiger partial charge is 0.273 e. The molecule has 2 fully saturated rings. The van der Waals surface area contributed by atoms with Crippen LogP contribution in [0.2, 0.25) is 0 Å². The lowest BCUT2D eigenvalue weighted by molar-refractivity contribution is -0.133. The van der Waals surface area contributed by atoms with Gasteiger partial charge >= 0.3 is 0 Å². The second-order valence-corrected chi connectivity index (χ2v) is 9.92. The molecule has 0 unspecified atom stereocenters. The van der Waals surface area contributed by atoms with E-state index in [4.69, 9.17) is 0 Å². The SMILES string of the molecule is CCCCN1C(=O)c2cc(C(=O)NCCN3CCCC3)nn2C[C@]1(C)C(=O)NC1CCCC1. The van der Waals surface area contributed by atoms with E-state index in [0.29, 0.717) is 18.8 Å². The first kappa shape index (κ1) is 23.7. The van der Waals surface area contributed by atoms with Crippen LogP contribution in [0.5, 0.6) is 0 Å². The largest absolute Gasteiger partial charge is 0.351 e. The lowest BCUT2D eigenvalue weighted by Gasteiger charge is -2.43. The van der Waals surface area contributed by atoms with Crippen molar-refractivity contribution in [1.29, 1.82) is 0 Å². The molecule has 33 heavy (non-hydrogen) atoms. The summed E-state index contributed by atoms with van der Waals surface area (Å²) >= 11 is 0. The number of carbonyl (C=O) groups excluding carboxylic acids is 3. The Labute approximate surface area is 196 Å². The molecule has 3 heterocycles. The quantitative estimate of drug-likeness (QED) is 0.588. The van der Waals surface area contributed by atoms with Crippen LogP contribution in [-0.4, -0.2) is 81.6 Å². The Balaban J connectivity index is 1.48. The van der Waals surface area contributed by atoms with Gasteiger partial charge in [0, 0.05) is 31.7 Å². The molecule has 0 radical (unpaired) electrons. The third-order valence-corrected chi connectivity index (χ3v) is 7.36. The minimum atomic E-state index is -1.03. The Hall–Kier alpha value is -2.42. The van der Waals surface area contributed by atoms with Crippen LogP contribution >= 0.6 is 0 Å². The van der Waals surface area contributed by atoms with Crippen LogP contribution in [-0.2, 0) is 11.3 Å². The predicted octanol–water partition coefficient (Wildman–Crippen LogP) is 1.78. The van der Waals surface area contributed by atoms with Crippen LogP contribution in [0.4, 0.5) is 0 Å². The standard InChI is InChI=1S/C24H38N6O3/c1-3-4-14-29-22(32)20-16-19(21(31)25-11-15-28-12-7-8-13-28)27-30(20)17-24(29,2)23(33)26-18-9-5-6-10-18/h16,18H,3-15,17H2,1-2H3,(H,25,31)(H,26,33)/t24-/m1/s1. The average molecular weight is 459 g/mol. The van der Waals surface area contributed by atoms with E-state index in [9.17, 15) is 14.4 Å². The number of nitrogens with one attached hydrogen (secondary N) is 2. The van der Waals surface area contributed by atoms with E-state index in [1.807, 2.05) is 6.92 Å². The van der Waals surface area contributed by atoms with E-state index in [2.05, 4.69) is 27.6 Å².